The highest BCUT2D eigenvalue weighted by Crippen LogP contribution is 2.31. The summed E-state index contributed by atoms with van der Waals surface area (Å²) in [7, 11) is 0. The summed E-state index contributed by atoms with van der Waals surface area (Å²) in [6, 6.07) is 5.51. The van der Waals surface area contributed by atoms with Gasteiger partial charge in [-0.2, -0.15) is 0 Å². The fourth-order valence-corrected chi connectivity index (χ4v) is 3.50. The number of fused-ring (bicyclic) bond motifs is 1. The van der Waals surface area contributed by atoms with Gasteiger partial charge in [0.05, 0.1) is 11.2 Å². The molecule has 0 aromatic carbocycles. The molecule has 5 heteroatoms. The maximum atomic E-state index is 4.60. The lowest BCUT2D eigenvalue weighted by molar-refractivity contribution is 0.571. The Labute approximate surface area is 133 Å². The Balaban J connectivity index is 1.64. The van der Waals surface area contributed by atoms with Gasteiger partial charge < -0.3 is 10.2 Å². The Morgan fingerprint density at radius 2 is 2.19 bits per heavy atom. The molecule has 2 aromatic rings. The number of rotatable bonds is 4. The fraction of sp³-hybridized carbons (Fsp3) is 0.500. The van der Waals surface area contributed by atoms with Crippen LogP contribution in [0.5, 0.6) is 0 Å². The van der Waals surface area contributed by atoms with Crippen LogP contribution in [0.1, 0.15) is 25.7 Å². The van der Waals surface area contributed by atoms with Crippen molar-refractivity contribution in [3.8, 4) is 0 Å². The van der Waals surface area contributed by atoms with Crippen molar-refractivity contribution in [2.24, 2.45) is 0 Å². The number of halogens is 1. The van der Waals surface area contributed by atoms with Gasteiger partial charge in [-0.05, 0) is 53.7 Å². The third kappa shape index (κ3) is 2.77. The SMILES string of the molecule is Brc1cnc2c(N3CCCC3CNC3CC3)ccnc2c1. The number of nitrogens with one attached hydrogen (secondary N) is 1. The monoisotopic (exact) mass is 346 g/mol. The molecular formula is C16H19BrN4. The first-order chi connectivity index (χ1) is 10.3. The molecule has 0 radical (unpaired) electrons. The van der Waals surface area contributed by atoms with Crippen molar-refractivity contribution < 1.29 is 0 Å². The van der Waals surface area contributed by atoms with E-state index in [1.54, 1.807) is 0 Å². The van der Waals surface area contributed by atoms with E-state index in [9.17, 15) is 0 Å². The molecule has 2 fully saturated rings. The molecule has 3 heterocycles. The molecule has 0 spiro atoms. The van der Waals surface area contributed by atoms with E-state index in [-0.39, 0.29) is 0 Å². The minimum absolute atomic E-state index is 0.585. The molecule has 0 amide bonds. The number of hydrogen-bond acceptors (Lipinski definition) is 4. The van der Waals surface area contributed by atoms with Crippen LogP contribution in [0.25, 0.3) is 11.0 Å². The van der Waals surface area contributed by atoms with E-state index in [1.807, 2.05) is 18.5 Å². The molecule has 1 aliphatic carbocycles. The van der Waals surface area contributed by atoms with Crippen molar-refractivity contribution in [1.82, 2.24) is 15.3 Å². The molecule has 1 N–H and O–H groups in total. The highest BCUT2D eigenvalue weighted by molar-refractivity contribution is 9.10. The molecular weight excluding hydrogens is 328 g/mol. The van der Waals surface area contributed by atoms with Crippen molar-refractivity contribution >= 4 is 32.7 Å². The van der Waals surface area contributed by atoms with Crippen molar-refractivity contribution in [3.63, 3.8) is 0 Å². The Kier molecular flexibility index (Phi) is 3.55. The Morgan fingerprint density at radius 1 is 1.29 bits per heavy atom. The highest BCUT2D eigenvalue weighted by atomic mass is 79.9. The second-order valence-electron chi connectivity index (χ2n) is 6.02. The molecule has 1 aliphatic heterocycles. The van der Waals surface area contributed by atoms with E-state index in [2.05, 4.69) is 42.2 Å². The van der Waals surface area contributed by atoms with Crippen LogP contribution >= 0.6 is 15.9 Å². The van der Waals surface area contributed by atoms with Crippen LogP contribution in [0.4, 0.5) is 5.69 Å². The molecule has 2 aliphatic rings. The van der Waals surface area contributed by atoms with E-state index in [4.69, 9.17) is 0 Å². The Hall–Kier alpha value is -1.20. The summed E-state index contributed by atoms with van der Waals surface area (Å²) in [6.45, 7) is 2.21. The lowest BCUT2D eigenvalue weighted by atomic mass is 10.2. The first-order valence-corrected chi connectivity index (χ1v) is 8.51. The van der Waals surface area contributed by atoms with Crippen LogP contribution in [0.15, 0.2) is 29.0 Å². The van der Waals surface area contributed by atoms with Gasteiger partial charge >= 0.3 is 0 Å². The van der Waals surface area contributed by atoms with Crippen molar-refractivity contribution in [1.29, 1.82) is 0 Å². The van der Waals surface area contributed by atoms with Gasteiger partial charge in [0.25, 0.3) is 0 Å². The van der Waals surface area contributed by atoms with Crippen molar-refractivity contribution in [2.45, 2.75) is 37.8 Å². The van der Waals surface area contributed by atoms with E-state index in [0.29, 0.717) is 6.04 Å². The first-order valence-electron chi connectivity index (χ1n) is 7.71. The van der Waals surface area contributed by atoms with Gasteiger partial charge in [-0.3, -0.25) is 9.97 Å². The van der Waals surface area contributed by atoms with Gasteiger partial charge in [0.1, 0.15) is 5.52 Å². The highest BCUT2D eigenvalue weighted by Gasteiger charge is 2.29. The second-order valence-corrected chi connectivity index (χ2v) is 6.94. The molecule has 2 aromatic heterocycles. The first kappa shape index (κ1) is 13.5. The van der Waals surface area contributed by atoms with E-state index < -0.39 is 0 Å². The molecule has 4 rings (SSSR count). The van der Waals surface area contributed by atoms with Gasteiger partial charge in [0.2, 0.25) is 0 Å². The minimum Gasteiger partial charge on any atom is -0.365 e. The summed E-state index contributed by atoms with van der Waals surface area (Å²) in [5.41, 5.74) is 3.20. The number of anilines is 1. The minimum atomic E-state index is 0.585. The van der Waals surface area contributed by atoms with Gasteiger partial charge in [0.15, 0.2) is 0 Å². The lowest BCUT2D eigenvalue weighted by Crippen LogP contribution is -2.38. The Morgan fingerprint density at radius 3 is 3.05 bits per heavy atom. The largest absolute Gasteiger partial charge is 0.365 e. The van der Waals surface area contributed by atoms with E-state index in [0.717, 1.165) is 34.6 Å². The van der Waals surface area contributed by atoms with Crippen LogP contribution in [-0.2, 0) is 0 Å². The topological polar surface area (TPSA) is 41.1 Å². The normalized spacial score (nSPS) is 22.1. The van der Waals surface area contributed by atoms with E-state index >= 15 is 0 Å². The van der Waals surface area contributed by atoms with Crippen LogP contribution < -0.4 is 10.2 Å². The molecule has 1 unspecified atom stereocenters. The average Bonchev–Trinajstić information content (AvgIpc) is 3.21. The van der Waals surface area contributed by atoms with Crippen LogP contribution in [0, 0.1) is 0 Å². The third-order valence-corrected chi connectivity index (χ3v) is 4.86. The summed E-state index contributed by atoms with van der Waals surface area (Å²) in [6.07, 6.45) is 8.98. The zero-order valence-corrected chi connectivity index (χ0v) is 13.5. The smallest absolute Gasteiger partial charge is 0.112 e. The summed E-state index contributed by atoms with van der Waals surface area (Å²) in [5.74, 6) is 0. The Bertz CT molecular complexity index is 656. The number of hydrogen-bond donors (Lipinski definition) is 1. The maximum absolute atomic E-state index is 4.60. The number of aromatic nitrogens is 2. The van der Waals surface area contributed by atoms with Crippen LogP contribution in [-0.4, -0.2) is 35.1 Å². The maximum Gasteiger partial charge on any atom is 0.112 e. The summed E-state index contributed by atoms with van der Waals surface area (Å²) in [4.78, 5) is 11.6. The zero-order valence-electron chi connectivity index (χ0n) is 11.9. The molecule has 110 valence electrons. The molecule has 1 atom stereocenters. The third-order valence-electron chi connectivity index (χ3n) is 4.43. The fourth-order valence-electron chi connectivity index (χ4n) is 3.18. The lowest BCUT2D eigenvalue weighted by Gasteiger charge is -2.27. The molecule has 0 bridgehead atoms. The average molecular weight is 347 g/mol. The predicted octanol–water partition coefficient (Wildman–Crippen LogP) is 3.11. The molecule has 1 saturated carbocycles. The summed E-state index contributed by atoms with van der Waals surface area (Å²) < 4.78 is 0.980. The molecule has 4 nitrogen and oxygen atoms in total. The number of nitrogens with zero attached hydrogens (tertiary/aromatic N) is 3. The van der Waals surface area contributed by atoms with Gasteiger partial charge in [0, 0.05) is 42.0 Å². The number of pyridine rings is 2. The summed E-state index contributed by atoms with van der Waals surface area (Å²) >= 11 is 3.47. The van der Waals surface area contributed by atoms with E-state index in [1.165, 1.54) is 31.4 Å². The predicted molar refractivity (Wildman–Crippen MR) is 88.6 cm³/mol. The van der Waals surface area contributed by atoms with Crippen molar-refractivity contribution in [2.75, 3.05) is 18.0 Å². The van der Waals surface area contributed by atoms with Crippen LogP contribution in [0.3, 0.4) is 0 Å². The zero-order chi connectivity index (χ0) is 14.2. The van der Waals surface area contributed by atoms with Crippen molar-refractivity contribution in [3.05, 3.63) is 29.0 Å². The standard InChI is InChI=1S/C16H19BrN4/c17-11-8-14-16(20-9-11)15(5-6-18-14)21-7-1-2-13(21)10-19-12-3-4-12/h5-6,8-9,12-13,19H,1-4,7,10H2. The van der Waals surface area contributed by atoms with Crippen LogP contribution in [0.2, 0.25) is 0 Å². The second kappa shape index (κ2) is 5.54. The van der Waals surface area contributed by atoms with Gasteiger partial charge in [-0.15, -0.1) is 0 Å². The van der Waals surface area contributed by atoms with Gasteiger partial charge in [-0.1, -0.05) is 0 Å². The van der Waals surface area contributed by atoms with Gasteiger partial charge in [-0.25, -0.2) is 0 Å². The molecule has 1 saturated heterocycles. The molecule has 21 heavy (non-hydrogen) atoms. The quantitative estimate of drug-likeness (QED) is 0.923. The summed E-state index contributed by atoms with van der Waals surface area (Å²) in [5, 5.41) is 3.67.